The second-order valence-corrected chi connectivity index (χ2v) is 4.97. The summed E-state index contributed by atoms with van der Waals surface area (Å²) < 4.78 is 2.17. The van der Waals surface area contributed by atoms with Crippen molar-refractivity contribution in [2.75, 3.05) is 18.5 Å². The number of anilines is 2. The van der Waals surface area contributed by atoms with E-state index in [0.717, 1.165) is 29.2 Å². The molecule has 5 nitrogen and oxygen atoms in total. The molecule has 2 aromatic heterocycles. The van der Waals surface area contributed by atoms with Gasteiger partial charge in [-0.2, -0.15) is 0 Å². The van der Waals surface area contributed by atoms with Gasteiger partial charge in [0.1, 0.15) is 0 Å². The molecule has 20 heavy (non-hydrogen) atoms. The Morgan fingerprint density at radius 2 is 2.20 bits per heavy atom. The minimum atomic E-state index is 0.591. The van der Waals surface area contributed by atoms with Crippen molar-refractivity contribution in [1.29, 1.82) is 0 Å². The van der Waals surface area contributed by atoms with Gasteiger partial charge in [-0.1, -0.05) is 6.07 Å². The summed E-state index contributed by atoms with van der Waals surface area (Å²) in [6.07, 6.45) is 3.86. The Morgan fingerprint density at radius 1 is 1.35 bits per heavy atom. The molecule has 0 aliphatic carbocycles. The molecule has 104 valence electrons. The van der Waals surface area contributed by atoms with Crippen molar-refractivity contribution in [2.45, 2.75) is 13.5 Å². The smallest absolute Gasteiger partial charge is 0.210 e. The lowest BCUT2D eigenvalue weighted by Gasteiger charge is -2.18. The van der Waals surface area contributed by atoms with E-state index in [2.05, 4.69) is 39.6 Å². The maximum absolute atomic E-state index is 5.76. The molecule has 2 heterocycles. The van der Waals surface area contributed by atoms with Gasteiger partial charge in [-0.3, -0.25) is 0 Å². The van der Waals surface area contributed by atoms with Gasteiger partial charge in [-0.15, -0.1) is 0 Å². The zero-order valence-electron chi connectivity index (χ0n) is 11.8. The highest BCUT2D eigenvalue weighted by Gasteiger charge is 2.15. The number of rotatable bonds is 4. The Kier molecular flexibility index (Phi) is 3.20. The standard InChI is InChI=1S/C15H19N5/c1-11-3-4-14-13(9-11)18-15(20(14)8-6-16)19(2)12-5-7-17-10-12/h3-5,7,9-10,17H,6,8,16H2,1-2H3. The second-order valence-electron chi connectivity index (χ2n) is 4.97. The molecular weight excluding hydrogens is 250 g/mol. The summed E-state index contributed by atoms with van der Waals surface area (Å²) in [6, 6.07) is 8.35. The molecule has 0 fully saturated rings. The Bertz CT molecular complexity index is 711. The molecule has 0 aliphatic rings. The number of aryl methyl sites for hydroxylation is 1. The molecule has 0 atom stereocenters. The number of H-pyrrole nitrogens is 1. The number of nitrogens with one attached hydrogen (secondary N) is 1. The van der Waals surface area contributed by atoms with E-state index in [4.69, 9.17) is 10.7 Å². The van der Waals surface area contributed by atoms with Crippen molar-refractivity contribution in [2.24, 2.45) is 5.73 Å². The van der Waals surface area contributed by atoms with E-state index >= 15 is 0 Å². The topological polar surface area (TPSA) is 62.9 Å². The highest BCUT2D eigenvalue weighted by atomic mass is 15.3. The second kappa shape index (κ2) is 5.02. The predicted molar refractivity (Wildman–Crippen MR) is 82.4 cm³/mol. The maximum Gasteiger partial charge on any atom is 0.210 e. The average Bonchev–Trinajstić information content (AvgIpc) is 3.06. The monoisotopic (exact) mass is 269 g/mol. The van der Waals surface area contributed by atoms with Crippen LogP contribution in [0.25, 0.3) is 11.0 Å². The zero-order chi connectivity index (χ0) is 14.1. The van der Waals surface area contributed by atoms with Crippen molar-refractivity contribution < 1.29 is 0 Å². The number of nitrogens with zero attached hydrogens (tertiary/aromatic N) is 3. The van der Waals surface area contributed by atoms with Crippen molar-refractivity contribution in [3.63, 3.8) is 0 Å². The summed E-state index contributed by atoms with van der Waals surface area (Å²) in [4.78, 5) is 9.91. The van der Waals surface area contributed by atoms with Gasteiger partial charge >= 0.3 is 0 Å². The highest BCUT2D eigenvalue weighted by Crippen LogP contribution is 2.27. The Morgan fingerprint density at radius 3 is 2.90 bits per heavy atom. The SMILES string of the molecule is Cc1ccc2c(c1)nc(N(C)c1cc[nH]c1)n2CCN. The molecule has 1 aromatic carbocycles. The number of hydrogen-bond acceptors (Lipinski definition) is 3. The number of hydrogen-bond donors (Lipinski definition) is 2. The van der Waals surface area contributed by atoms with Crippen LogP contribution < -0.4 is 10.6 Å². The number of fused-ring (bicyclic) bond motifs is 1. The summed E-state index contributed by atoms with van der Waals surface area (Å²) in [5.41, 5.74) is 10.2. The van der Waals surface area contributed by atoms with Crippen LogP contribution in [-0.2, 0) is 6.54 Å². The lowest BCUT2D eigenvalue weighted by molar-refractivity contribution is 0.724. The summed E-state index contributed by atoms with van der Waals surface area (Å²) in [5.74, 6) is 0.913. The van der Waals surface area contributed by atoms with Crippen molar-refractivity contribution >= 4 is 22.7 Å². The van der Waals surface area contributed by atoms with Gasteiger partial charge in [0.05, 0.1) is 16.7 Å². The predicted octanol–water partition coefficient (Wildman–Crippen LogP) is 2.40. The molecular formula is C15H19N5. The van der Waals surface area contributed by atoms with Gasteiger partial charge in [0.25, 0.3) is 0 Å². The minimum Gasteiger partial charge on any atom is -0.366 e. The summed E-state index contributed by atoms with van der Waals surface area (Å²) in [7, 11) is 2.02. The van der Waals surface area contributed by atoms with Crippen LogP contribution in [0.4, 0.5) is 11.6 Å². The fraction of sp³-hybridized carbons (Fsp3) is 0.267. The van der Waals surface area contributed by atoms with Crippen molar-refractivity contribution in [1.82, 2.24) is 14.5 Å². The third-order valence-corrected chi connectivity index (χ3v) is 3.51. The van der Waals surface area contributed by atoms with Crippen LogP contribution in [0, 0.1) is 6.92 Å². The van der Waals surface area contributed by atoms with Gasteiger partial charge in [0.15, 0.2) is 0 Å². The first-order chi connectivity index (χ1) is 9.70. The van der Waals surface area contributed by atoms with Crippen LogP contribution in [0.3, 0.4) is 0 Å². The van der Waals surface area contributed by atoms with E-state index in [1.54, 1.807) is 0 Å². The molecule has 0 saturated carbocycles. The molecule has 5 heteroatoms. The number of aromatic amines is 1. The first kappa shape index (κ1) is 12.7. The number of imidazole rings is 1. The molecule has 0 saturated heterocycles. The Hall–Kier alpha value is -2.27. The van der Waals surface area contributed by atoms with Crippen LogP contribution in [0.1, 0.15) is 5.56 Å². The van der Waals surface area contributed by atoms with Gasteiger partial charge < -0.3 is 20.2 Å². The zero-order valence-corrected chi connectivity index (χ0v) is 11.8. The normalized spacial score (nSPS) is 11.2. The molecule has 0 amide bonds. The van der Waals surface area contributed by atoms with Crippen LogP contribution in [0.2, 0.25) is 0 Å². The molecule has 3 aromatic rings. The largest absolute Gasteiger partial charge is 0.366 e. The molecule has 0 radical (unpaired) electrons. The van der Waals surface area contributed by atoms with Crippen molar-refractivity contribution in [3.8, 4) is 0 Å². The van der Waals surface area contributed by atoms with E-state index in [0.29, 0.717) is 6.54 Å². The summed E-state index contributed by atoms with van der Waals surface area (Å²) >= 11 is 0. The Balaban J connectivity index is 2.15. The molecule has 0 bridgehead atoms. The van der Waals surface area contributed by atoms with E-state index in [-0.39, 0.29) is 0 Å². The summed E-state index contributed by atoms with van der Waals surface area (Å²) in [5, 5.41) is 0. The van der Waals surface area contributed by atoms with Crippen LogP contribution in [-0.4, -0.2) is 28.1 Å². The lowest BCUT2D eigenvalue weighted by atomic mass is 10.2. The van der Waals surface area contributed by atoms with Crippen LogP contribution in [0.15, 0.2) is 36.7 Å². The quantitative estimate of drug-likeness (QED) is 0.764. The van der Waals surface area contributed by atoms with Gasteiger partial charge in [-0.25, -0.2) is 4.98 Å². The molecule has 0 aliphatic heterocycles. The van der Waals surface area contributed by atoms with E-state index < -0.39 is 0 Å². The van der Waals surface area contributed by atoms with Gasteiger partial charge in [-0.05, 0) is 30.7 Å². The third kappa shape index (κ3) is 2.06. The van der Waals surface area contributed by atoms with E-state index in [1.165, 1.54) is 5.56 Å². The summed E-state index contributed by atoms with van der Waals surface area (Å²) in [6.45, 7) is 3.42. The first-order valence-electron chi connectivity index (χ1n) is 6.74. The number of benzene rings is 1. The third-order valence-electron chi connectivity index (χ3n) is 3.51. The van der Waals surface area contributed by atoms with E-state index in [1.807, 2.05) is 25.5 Å². The average molecular weight is 269 g/mol. The fourth-order valence-electron chi connectivity index (χ4n) is 2.47. The highest BCUT2D eigenvalue weighted by molar-refractivity contribution is 5.80. The Labute approximate surface area is 118 Å². The molecule has 3 N–H and O–H groups in total. The molecule has 0 spiro atoms. The van der Waals surface area contributed by atoms with Crippen LogP contribution in [0.5, 0.6) is 0 Å². The number of aromatic nitrogens is 3. The van der Waals surface area contributed by atoms with E-state index in [9.17, 15) is 0 Å². The minimum absolute atomic E-state index is 0.591. The lowest BCUT2D eigenvalue weighted by Crippen LogP contribution is -2.18. The fourth-order valence-corrected chi connectivity index (χ4v) is 2.47. The first-order valence-corrected chi connectivity index (χ1v) is 6.74. The van der Waals surface area contributed by atoms with Crippen LogP contribution >= 0.6 is 0 Å². The molecule has 3 rings (SSSR count). The molecule has 0 unspecified atom stereocenters. The maximum atomic E-state index is 5.76. The number of nitrogens with two attached hydrogens (primary N) is 1. The van der Waals surface area contributed by atoms with Gasteiger partial charge in [0.2, 0.25) is 5.95 Å². The van der Waals surface area contributed by atoms with Gasteiger partial charge in [0, 0.05) is 32.5 Å². The van der Waals surface area contributed by atoms with Crippen molar-refractivity contribution in [3.05, 3.63) is 42.2 Å².